The summed E-state index contributed by atoms with van der Waals surface area (Å²) in [5.41, 5.74) is 0.973. The van der Waals surface area contributed by atoms with Crippen molar-refractivity contribution in [1.29, 1.82) is 0 Å². The van der Waals surface area contributed by atoms with Crippen LogP contribution in [0.2, 0.25) is 0 Å². The first-order valence-corrected chi connectivity index (χ1v) is 8.85. The van der Waals surface area contributed by atoms with E-state index in [0.717, 1.165) is 0 Å². The number of esters is 1. The lowest BCUT2D eigenvalue weighted by atomic mass is 10.1. The Morgan fingerprint density at radius 2 is 1.82 bits per heavy atom. The van der Waals surface area contributed by atoms with Crippen LogP contribution in [0.1, 0.15) is 27.6 Å². The summed E-state index contributed by atoms with van der Waals surface area (Å²) in [7, 11) is 0. The van der Waals surface area contributed by atoms with Crippen molar-refractivity contribution in [1.82, 2.24) is 4.90 Å². The third-order valence-corrected chi connectivity index (χ3v) is 4.50. The summed E-state index contributed by atoms with van der Waals surface area (Å²) in [6.45, 7) is 3.26. The van der Waals surface area contributed by atoms with Crippen molar-refractivity contribution in [3.05, 3.63) is 75.3 Å². The number of carbonyl (C=O) groups excluding carboxylic acids is 2. The summed E-state index contributed by atoms with van der Waals surface area (Å²) in [6, 6.07) is 12.7. The van der Waals surface area contributed by atoms with Gasteiger partial charge in [0.05, 0.1) is 23.7 Å². The summed E-state index contributed by atoms with van der Waals surface area (Å²) < 4.78 is 10.8. The molecule has 28 heavy (non-hydrogen) atoms. The van der Waals surface area contributed by atoms with Gasteiger partial charge < -0.3 is 14.4 Å². The Balaban J connectivity index is 1.84. The SMILES string of the molecule is Cc1cc(C(=O)OC(C(=O)N2CCOCC2)c2ccccc2)ccc1[N+](=O)[O-]. The minimum Gasteiger partial charge on any atom is -0.444 e. The molecule has 8 heteroatoms. The van der Waals surface area contributed by atoms with E-state index in [0.29, 0.717) is 37.4 Å². The van der Waals surface area contributed by atoms with Crippen molar-refractivity contribution in [2.24, 2.45) is 0 Å². The summed E-state index contributed by atoms with van der Waals surface area (Å²) in [5.74, 6) is -1.03. The van der Waals surface area contributed by atoms with Crippen LogP contribution in [-0.4, -0.2) is 48.0 Å². The summed E-state index contributed by atoms with van der Waals surface area (Å²) in [4.78, 5) is 37.7. The van der Waals surface area contributed by atoms with Gasteiger partial charge in [-0.2, -0.15) is 0 Å². The molecule has 1 fully saturated rings. The molecule has 0 N–H and O–H groups in total. The average molecular weight is 384 g/mol. The Hall–Kier alpha value is -3.26. The first-order chi connectivity index (χ1) is 13.5. The minimum atomic E-state index is -1.10. The first kappa shape index (κ1) is 19.5. The molecule has 3 rings (SSSR count). The highest BCUT2D eigenvalue weighted by Gasteiger charge is 2.31. The molecule has 2 aromatic carbocycles. The molecule has 1 saturated heterocycles. The van der Waals surface area contributed by atoms with E-state index in [1.165, 1.54) is 18.2 Å². The highest BCUT2D eigenvalue weighted by atomic mass is 16.6. The number of amides is 1. The quantitative estimate of drug-likeness (QED) is 0.446. The fraction of sp³-hybridized carbons (Fsp3) is 0.300. The molecule has 0 saturated carbocycles. The van der Waals surface area contributed by atoms with Gasteiger partial charge in [-0.25, -0.2) is 4.79 Å². The Morgan fingerprint density at radius 3 is 2.43 bits per heavy atom. The molecule has 0 aliphatic carbocycles. The second-order valence-electron chi connectivity index (χ2n) is 6.39. The van der Waals surface area contributed by atoms with E-state index < -0.39 is 17.0 Å². The maximum atomic E-state index is 13.0. The standard InChI is InChI=1S/C20H20N2O6/c1-14-13-16(7-8-17(14)22(25)26)20(24)28-18(15-5-3-2-4-6-15)19(23)21-9-11-27-12-10-21/h2-8,13,18H,9-12H2,1H3. The smallest absolute Gasteiger partial charge is 0.339 e. The van der Waals surface area contributed by atoms with E-state index in [4.69, 9.17) is 9.47 Å². The van der Waals surface area contributed by atoms with Crippen LogP contribution in [-0.2, 0) is 14.3 Å². The molecule has 1 aliphatic rings. The van der Waals surface area contributed by atoms with Crippen molar-refractivity contribution in [2.45, 2.75) is 13.0 Å². The van der Waals surface area contributed by atoms with Crippen LogP contribution < -0.4 is 0 Å². The van der Waals surface area contributed by atoms with Crippen LogP contribution >= 0.6 is 0 Å². The number of rotatable bonds is 5. The van der Waals surface area contributed by atoms with Crippen LogP contribution in [0, 0.1) is 17.0 Å². The van der Waals surface area contributed by atoms with Gasteiger partial charge >= 0.3 is 5.97 Å². The first-order valence-electron chi connectivity index (χ1n) is 8.85. The number of hydrogen-bond acceptors (Lipinski definition) is 6. The largest absolute Gasteiger partial charge is 0.444 e. The highest BCUT2D eigenvalue weighted by Crippen LogP contribution is 2.24. The molecular formula is C20H20N2O6. The molecular weight excluding hydrogens is 364 g/mol. The van der Waals surface area contributed by atoms with Gasteiger partial charge in [-0.3, -0.25) is 14.9 Å². The molecule has 0 radical (unpaired) electrons. The van der Waals surface area contributed by atoms with Crippen LogP contribution in [0.3, 0.4) is 0 Å². The normalized spacial score (nSPS) is 15.0. The zero-order chi connectivity index (χ0) is 20.1. The lowest BCUT2D eigenvalue weighted by Gasteiger charge is -2.30. The molecule has 8 nitrogen and oxygen atoms in total. The molecule has 2 aromatic rings. The molecule has 0 bridgehead atoms. The summed E-state index contributed by atoms with van der Waals surface area (Å²) in [5, 5.41) is 11.0. The number of hydrogen-bond donors (Lipinski definition) is 0. The monoisotopic (exact) mass is 384 g/mol. The van der Waals surface area contributed by atoms with Gasteiger partial charge in [-0.1, -0.05) is 30.3 Å². The fourth-order valence-corrected chi connectivity index (χ4v) is 3.00. The highest BCUT2D eigenvalue weighted by molar-refractivity contribution is 5.93. The van der Waals surface area contributed by atoms with Gasteiger partial charge in [0.15, 0.2) is 0 Å². The third-order valence-electron chi connectivity index (χ3n) is 4.50. The summed E-state index contributed by atoms with van der Waals surface area (Å²) >= 11 is 0. The number of nitro benzene ring substituents is 1. The van der Waals surface area contributed by atoms with Crippen LogP contribution in [0.5, 0.6) is 0 Å². The number of morpholine rings is 1. The van der Waals surface area contributed by atoms with E-state index in [1.54, 1.807) is 42.2 Å². The molecule has 1 unspecified atom stereocenters. The molecule has 1 heterocycles. The number of nitrogens with zero attached hydrogens (tertiary/aromatic N) is 2. The van der Waals surface area contributed by atoms with Crippen molar-refractivity contribution >= 4 is 17.6 Å². The van der Waals surface area contributed by atoms with Gasteiger partial charge in [0, 0.05) is 30.3 Å². The predicted molar refractivity (Wildman–Crippen MR) is 99.8 cm³/mol. The maximum absolute atomic E-state index is 13.0. The third kappa shape index (κ3) is 4.34. The molecule has 1 aliphatic heterocycles. The van der Waals surface area contributed by atoms with Crippen molar-refractivity contribution in [3.63, 3.8) is 0 Å². The molecule has 1 atom stereocenters. The lowest BCUT2D eigenvalue weighted by Crippen LogP contribution is -2.44. The van der Waals surface area contributed by atoms with Gasteiger partial charge in [-0.15, -0.1) is 0 Å². The average Bonchev–Trinajstić information content (AvgIpc) is 2.72. The van der Waals surface area contributed by atoms with E-state index in [-0.39, 0.29) is 17.2 Å². The Morgan fingerprint density at radius 1 is 1.14 bits per heavy atom. The number of nitro groups is 1. The number of ether oxygens (including phenoxy) is 2. The van der Waals surface area contributed by atoms with E-state index in [1.807, 2.05) is 0 Å². The van der Waals surface area contributed by atoms with Crippen LogP contribution in [0.25, 0.3) is 0 Å². The van der Waals surface area contributed by atoms with E-state index in [9.17, 15) is 19.7 Å². The number of carbonyl (C=O) groups is 2. The second kappa shape index (κ2) is 8.62. The molecule has 1 amide bonds. The Kier molecular flexibility index (Phi) is 6.00. The maximum Gasteiger partial charge on any atom is 0.339 e. The van der Waals surface area contributed by atoms with Crippen molar-refractivity contribution < 1.29 is 24.0 Å². The van der Waals surface area contributed by atoms with Crippen LogP contribution in [0.4, 0.5) is 5.69 Å². The van der Waals surface area contributed by atoms with Gasteiger partial charge in [0.1, 0.15) is 0 Å². The number of aryl methyl sites for hydroxylation is 1. The zero-order valence-electron chi connectivity index (χ0n) is 15.4. The lowest BCUT2D eigenvalue weighted by molar-refractivity contribution is -0.385. The van der Waals surface area contributed by atoms with Crippen molar-refractivity contribution in [3.8, 4) is 0 Å². The molecule has 0 spiro atoms. The Bertz CT molecular complexity index is 878. The second-order valence-corrected chi connectivity index (χ2v) is 6.39. The van der Waals surface area contributed by atoms with E-state index >= 15 is 0 Å². The minimum absolute atomic E-state index is 0.0828. The fourth-order valence-electron chi connectivity index (χ4n) is 3.00. The predicted octanol–water partition coefficient (Wildman–Crippen LogP) is 2.66. The Labute approximate surface area is 161 Å². The van der Waals surface area contributed by atoms with E-state index in [2.05, 4.69) is 0 Å². The van der Waals surface area contributed by atoms with Gasteiger partial charge in [0.25, 0.3) is 11.6 Å². The summed E-state index contributed by atoms with van der Waals surface area (Å²) in [6.07, 6.45) is -1.10. The topological polar surface area (TPSA) is 99.0 Å². The molecule has 146 valence electrons. The van der Waals surface area contributed by atoms with Gasteiger partial charge in [0.2, 0.25) is 6.10 Å². The molecule has 0 aromatic heterocycles. The van der Waals surface area contributed by atoms with Gasteiger partial charge in [-0.05, 0) is 19.1 Å². The number of benzene rings is 2. The zero-order valence-corrected chi connectivity index (χ0v) is 15.4. The van der Waals surface area contributed by atoms with Crippen LogP contribution in [0.15, 0.2) is 48.5 Å². The van der Waals surface area contributed by atoms with Crippen molar-refractivity contribution in [2.75, 3.05) is 26.3 Å².